The molecule has 2 aromatic carbocycles. The van der Waals surface area contributed by atoms with Crippen molar-refractivity contribution in [3.05, 3.63) is 64.7 Å². The van der Waals surface area contributed by atoms with Gasteiger partial charge in [-0.3, -0.25) is 0 Å². The van der Waals surface area contributed by atoms with Crippen molar-refractivity contribution in [3.63, 3.8) is 0 Å². The summed E-state index contributed by atoms with van der Waals surface area (Å²) in [4.78, 5) is 12.0. The first-order chi connectivity index (χ1) is 10.7. The second-order valence-electron chi connectivity index (χ2n) is 5.12. The Balaban J connectivity index is 2.24. The molecular weight excluding hydrogens is 276 g/mol. The van der Waals surface area contributed by atoms with Crippen molar-refractivity contribution >= 4 is 5.97 Å². The number of aryl methyl sites for hydroxylation is 2. The summed E-state index contributed by atoms with van der Waals surface area (Å²) in [6.07, 6.45) is 0.855. The molecule has 0 atom stereocenters. The Labute approximate surface area is 131 Å². The number of benzene rings is 2. The first-order valence-corrected chi connectivity index (χ1v) is 7.63. The van der Waals surface area contributed by atoms with Crippen LogP contribution in [0.4, 0.5) is 0 Å². The summed E-state index contributed by atoms with van der Waals surface area (Å²) in [6.45, 7) is 6.66. The maximum absolute atomic E-state index is 12.0. The van der Waals surface area contributed by atoms with E-state index < -0.39 is 0 Å². The van der Waals surface area contributed by atoms with Gasteiger partial charge in [-0.15, -0.1) is 0 Å². The molecule has 0 amide bonds. The largest absolute Gasteiger partial charge is 0.489 e. The number of ether oxygens (including phenoxy) is 2. The zero-order valence-corrected chi connectivity index (χ0v) is 13.4. The van der Waals surface area contributed by atoms with Gasteiger partial charge in [-0.25, -0.2) is 4.79 Å². The Kier molecular flexibility index (Phi) is 5.59. The van der Waals surface area contributed by atoms with E-state index >= 15 is 0 Å². The summed E-state index contributed by atoms with van der Waals surface area (Å²) < 4.78 is 11.0. The molecule has 0 saturated carbocycles. The molecule has 2 aromatic rings. The van der Waals surface area contributed by atoms with E-state index in [2.05, 4.69) is 6.92 Å². The highest BCUT2D eigenvalue weighted by Crippen LogP contribution is 2.26. The number of rotatable bonds is 6. The molecule has 3 nitrogen and oxygen atoms in total. The lowest BCUT2D eigenvalue weighted by molar-refractivity contribution is 0.0525. The second kappa shape index (κ2) is 7.64. The third kappa shape index (κ3) is 3.88. The van der Waals surface area contributed by atoms with Crippen molar-refractivity contribution in [2.45, 2.75) is 33.8 Å². The summed E-state index contributed by atoms with van der Waals surface area (Å²) >= 11 is 0. The van der Waals surface area contributed by atoms with Crippen LogP contribution in [0.1, 0.15) is 40.9 Å². The highest BCUT2D eigenvalue weighted by Gasteiger charge is 2.14. The van der Waals surface area contributed by atoms with Crippen molar-refractivity contribution < 1.29 is 14.3 Å². The van der Waals surface area contributed by atoms with Crippen LogP contribution in [0.25, 0.3) is 0 Å². The van der Waals surface area contributed by atoms with Crippen LogP contribution >= 0.6 is 0 Å². The lowest BCUT2D eigenvalue weighted by Gasteiger charge is -2.14. The zero-order chi connectivity index (χ0) is 15.9. The third-order valence-electron chi connectivity index (χ3n) is 3.52. The van der Waals surface area contributed by atoms with E-state index in [1.807, 2.05) is 43.3 Å². The van der Waals surface area contributed by atoms with Crippen LogP contribution in [-0.4, -0.2) is 12.6 Å². The molecule has 0 aliphatic carbocycles. The minimum absolute atomic E-state index is 0.299. The first-order valence-electron chi connectivity index (χ1n) is 7.63. The smallest absolute Gasteiger partial charge is 0.338 e. The fraction of sp³-hybridized carbons (Fsp3) is 0.316. The molecule has 2 rings (SSSR count). The van der Waals surface area contributed by atoms with E-state index in [0.29, 0.717) is 18.8 Å². The van der Waals surface area contributed by atoms with Crippen LogP contribution in [0, 0.1) is 6.92 Å². The monoisotopic (exact) mass is 298 g/mol. The van der Waals surface area contributed by atoms with E-state index in [4.69, 9.17) is 9.47 Å². The van der Waals surface area contributed by atoms with Gasteiger partial charge in [-0.2, -0.15) is 0 Å². The van der Waals surface area contributed by atoms with Crippen LogP contribution < -0.4 is 4.74 Å². The molecule has 0 saturated heterocycles. The SMILES string of the molecule is CCOC(=O)c1cc(OCc2ccccc2)c(CC)cc1C. The standard InChI is InChI=1S/C19H22O3/c1-4-16-11-14(3)17(19(20)21-5-2)12-18(16)22-13-15-9-7-6-8-10-15/h6-12H,4-5,13H2,1-3H3. The molecule has 116 valence electrons. The lowest BCUT2D eigenvalue weighted by Crippen LogP contribution is -2.08. The normalized spacial score (nSPS) is 10.3. The number of esters is 1. The van der Waals surface area contributed by atoms with Crippen LogP contribution in [0.3, 0.4) is 0 Å². The van der Waals surface area contributed by atoms with Gasteiger partial charge >= 0.3 is 5.97 Å². The van der Waals surface area contributed by atoms with Crippen molar-refractivity contribution in [1.82, 2.24) is 0 Å². The summed E-state index contributed by atoms with van der Waals surface area (Å²) in [5, 5.41) is 0. The highest BCUT2D eigenvalue weighted by atomic mass is 16.5. The average molecular weight is 298 g/mol. The molecule has 0 N–H and O–H groups in total. The molecule has 0 aromatic heterocycles. The van der Waals surface area contributed by atoms with Crippen molar-refractivity contribution in [3.8, 4) is 5.75 Å². The lowest BCUT2D eigenvalue weighted by atomic mass is 10.0. The highest BCUT2D eigenvalue weighted by molar-refractivity contribution is 5.91. The van der Waals surface area contributed by atoms with Gasteiger partial charge in [0.2, 0.25) is 0 Å². The van der Waals surface area contributed by atoms with E-state index in [1.165, 1.54) is 0 Å². The second-order valence-corrected chi connectivity index (χ2v) is 5.12. The van der Waals surface area contributed by atoms with E-state index in [9.17, 15) is 4.79 Å². The molecule has 22 heavy (non-hydrogen) atoms. The van der Waals surface area contributed by atoms with Gasteiger partial charge in [-0.1, -0.05) is 43.3 Å². The van der Waals surface area contributed by atoms with Gasteiger partial charge in [0, 0.05) is 0 Å². The maximum Gasteiger partial charge on any atom is 0.338 e. The Morgan fingerprint density at radius 3 is 2.45 bits per heavy atom. The molecule has 0 fully saturated rings. The quantitative estimate of drug-likeness (QED) is 0.745. The van der Waals surface area contributed by atoms with Crippen LogP contribution in [0.5, 0.6) is 5.75 Å². The Bertz CT molecular complexity index is 633. The average Bonchev–Trinajstić information content (AvgIpc) is 2.54. The molecule has 3 heteroatoms. The van der Waals surface area contributed by atoms with Gasteiger partial charge < -0.3 is 9.47 Å². The van der Waals surface area contributed by atoms with Gasteiger partial charge in [0.15, 0.2) is 0 Å². The zero-order valence-electron chi connectivity index (χ0n) is 13.4. The predicted molar refractivity (Wildman–Crippen MR) is 87.3 cm³/mol. The van der Waals surface area contributed by atoms with Gasteiger partial charge in [0.1, 0.15) is 12.4 Å². The first kappa shape index (κ1) is 16.1. The van der Waals surface area contributed by atoms with E-state index in [-0.39, 0.29) is 5.97 Å². The summed E-state index contributed by atoms with van der Waals surface area (Å²) in [5.74, 6) is 0.451. The topological polar surface area (TPSA) is 35.5 Å². The molecule has 0 aliphatic rings. The Morgan fingerprint density at radius 2 is 1.82 bits per heavy atom. The fourth-order valence-corrected chi connectivity index (χ4v) is 2.32. The molecule has 0 heterocycles. The predicted octanol–water partition coefficient (Wildman–Crippen LogP) is 4.31. The number of carbonyl (C=O) groups excluding carboxylic acids is 1. The van der Waals surface area contributed by atoms with E-state index in [1.54, 1.807) is 13.0 Å². The van der Waals surface area contributed by atoms with Crippen molar-refractivity contribution in [1.29, 1.82) is 0 Å². The summed E-state index contributed by atoms with van der Waals surface area (Å²) in [5.41, 5.74) is 3.69. The van der Waals surface area contributed by atoms with Crippen molar-refractivity contribution in [2.75, 3.05) is 6.61 Å². The maximum atomic E-state index is 12.0. The summed E-state index contributed by atoms with van der Waals surface area (Å²) in [7, 11) is 0. The third-order valence-corrected chi connectivity index (χ3v) is 3.52. The summed E-state index contributed by atoms with van der Waals surface area (Å²) in [6, 6.07) is 13.8. The number of hydrogen-bond acceptors (Lipinski definition) is 3. The molecule has 0 radical (unpaired) electrons. The minimum atomic E-state index is -0.299. The molecular formula is C19H22O3. The van der Waals surface area contributed by atoms with Crippen molar-refractivity contribution in [2.24, 2.45) is 0 Å². The Morgan fingerprint density at radius 1 is 1.09 bits per heavy atom. The Hall–Kier alpha value is -2.29. The van der Waals surface area contributed by atoms with Gasteiger partial charge in [0.25, 0.3) is 0 Å². The minimum Gasteiger partial charge on any atom is -0.489 e. The van der Waals surface area contributed by atoms with Crippen LogP contribution in [0.2, 0.25) is 0 Å². The van der Waals surface area contributed by atoms with Gasteiger partial charge in [0.05, 0.1) is 12.2 Å². The fourth-order valence-electron chi connectivity index (χ4n) is 2.32. The molecule has 0 aliphatic heterocycles. The van der Waals surface area contributed by atoms with E-state index in [0.717, 1.165) is 28.9 Å². The molecule has 0 unspecified atom stereocenters. The van der Waals surface area contributed by atoms with Gasteiger partial charge in [-0.05, 0) is 43.0 Å². The number of hydrogen-bond donors (Lipinski definition) is 0. The van der Waals surface area contributed by atoms with Crippen LogP contribution in [0.15, 0.2) is 42.5 Å². The molecule has 0 bridgehead atoms. The van der Waals surface area contributed by atoms with Crippen LogP contribution in [-0.2, 0) is 17.8 Å². The molecule has 0 spiro atoms. The number of carbonyl (C=O) groups is 1.